The van der Waals surface area contributed by atoms with Crippen molar-refractivity contribution in [2.75, 3.05) is 6.61 Å². The van der Waals surface area contributed by atoms with E-state index in [1.54, 1.807) is 0 Å². The number of hydrogen-bond donors (Lipinski definition) is 1. The van der Waals surface area contributed by atoms with Gasteiger partial charge in [0.15, 0.2) is 6.23 Å². The molecule has 2 aliphatic rings. The van der Waals surface area contributed by atoms with Gasteiger partial charge in [-0.2, -0.15) is 0 Å². The predicted molar refractivity (Wildman–Crippen MR) is 154 cm³/mol. The zero-order valence-electron chi connectivity index (χ0n) is 24.7. The summed E-state index contributed by atoms with van der Waals surface area (Å²) >= 11 is 0. The smallest absolute Gasteiger partial charge is 0.335 e. The van der Waals surface area contributed by atoms with E-state index in [0.29, 0.717) is 0 Å². The van der Waals surface area contributed by atoms with Crippen LogP contribution < -0.4 is 11.2 Å². The predicted octanol–water partition coefficient (Wildman–Crippen LogP) is 4.98. The molecule has 0 spiro atoms. The van der Waals surface area contributed by atoms with Gasteiger partial charge in [0.1, 0.15) is 20.3 Å². The minimum absolute atomic E-state index is 0.0155. The third kappa shape index (κ3) is 5.61. The van der Waals surface area contributed by atoms with Crippen LogP contribution in [0, 0.1) is 11.5 Å². The average Bonchev–Trinajstić information content (AvgIpc) is 3.02. The molecule has 0 aromatic carbocycles. The summed E-state index contributed by atoms with van der Waals surface area (Å²) < 4.78 is 45.9. The second-order valence-corrected chi connectivity index (χ2v) is 26.4. The Morgan fingerprint density at radius 3 is 2.05 bits per heavy atom. The first-order valence-electron chi connectivity index (χ1n) is 13.6. The molecule has 3 rings (SSSR count). The van der Waals surface area contributed by atoms with Crippen LogP contribution in [0.25, 0.3) is 0 Å². The lowest BCUT2D eigenvalue weighted by atomic mass is 9.97. The number of halogens is 1. The van der Waals surface area contributed by atoms with Crippen molar-refractivity contribution in [3.05, 3.63) is 33.1 Å². The Morgan fingerprint density at radius 2 is 1.58 bits per heavy atom. The summed E-state index contributed by atoms with van der Waals surface area (Å²) in [6, 6.07) is 1.18. The maximum absolute atomic E-state index is 17.6. The molecule has 12 heteroatoms. The number of aromatic amines is 1. The number of rotatable bonds is 5. The molecular weight excluding hydrogens is 540 g/mol. The summed E-state index contributed by atoms with van der Waals surface area (Å²) in [6.45, 7) is 22.8. The highest BCUT2D eigenvalue weighted by Gasteiger charge is 2.66. The van der Waals surface area contributed by atoms with Gasteiger partial charge in [-0.25, -0.2) is 9.18 Å². The molecule has 38 heavy (non-hydrogen) atoms. The molecule has 2 fully saturated rings. The topological polar surface area (TPSA) is 91.8 Å². The van der Waals surface area contributed by atoms with E-state index >= 15 is 4.39 Å². The maximum Gasteiger partial charge on any atom is 0.335 e. The lowest BCUT2D eigenvalue weighted by Crippen LogP contribution is -2.66. The Hall–Kier alpha value is -1.34. The Morgan fingerprint density at radius 1 is 1.03 bits per heavy atom. The molecule has 3 heterocycles. The first-order chi connectivity index (χ1) is 17.4. The third-order valence-corrected chi connectivity index (χ3v) is 18.6. The van der Waals surface area contributed by atoms with Crippen LogP contribution in [-0.2, 0) is 17.7 Å². The van der Waals surface area contributed by atoms with E-state index in [2.05, 4.69) is 71.8 Å². The second kappa shape index (κ2) is 10.9. The van der Waals surface area contributed by atoms with Crippen molar-refractivity contribution >= 4 is 25.2 Å². The molecule has 0 radical (unpaired) electrons. The van der Waals surface area contributed by atoms with Crippen molar-refractivity contribution in [3.63, 3.8) is 0 Å². The van der Waals surface area contributed by atoms with Gasteiger partial charge in [0.25, 0.3) is 5.56 Å². The summed E-state index contributed by atoms with van der Waals surface area (Å²) in [5.41, 5.74) is -0.360. The van der Waals surface area contributed by atoms with Gasteiger partial charge in [-0.3, -0.25) is 14.3 Å². The van der Waals surface area contributed by atoms with Crippen LogP contribution in [0.15, 0.2) is 21.9 Å². The first kappa shape index (κ1) is 31.2. The largest absolute Gasteiger partial charge is 0.414 e. The zero-order chi connectivity index (χ0) is 28.8. The second-order valence-electron chi connectivity index (χ2n) is 12.8. The maximum atomic E-state index is 17.6. The number of alkyl halides is 1. The SMILES string of the molecule is CC(C)[Si]1(C(C)C)OC[C@H]2O[C@@H](n3ccc(=O)[nH]c3=O)[C@@](F)(C#C[Si](C)(C)C)[C@@H]2O[Si](C(C)C)(C(C)C)O1. The number of H-pyrrole nitrogens is 1. The minimum atomic E-state index is -3.17. The summed E-state index contributed by atoms with van der Waals surface area (Å²) in [5.74, 6) is 2.88. The Kier molecular flexibility index (Phi) is 8.96. The number of nitrogens with one attached hydrogen (secondary N) is 1. The fourth-order valence-electron chi connectivity index (χ4n) is 5.46. The molecule has 0 unspecified atom stereocenters. The van der Waals surface area contributed by atoms with Crippen molar-refractivity contribution in [1.82, 2.24) is 9.55 Å². The summed E-state index contributed by atoms with van der Waals surface area (Å²) in [7, 11) is -8.07. The van der Waals surface area contributed by atoms with E-state index in [-0.39, 0.29) is 28.8 Å². The van der Waals surface area contributed by atoms with E-state index < -0.39 is 60.5 Å². The monoisotopic (exact) mass is 584 g/mol. The van der Waals surface area contributed by atoms with Crippen LogP contribution in [0.4, 0.5) is 4.39 Å². The quantitative estimate of drug-likeness (QED) is 0.388. The summed E-state index contributed by atoms with van der Waals surface area (Å²) in [6.07, 6.45) is -2.13. The van der Waals surface area contributed by atoms with Crippen LogP contribution in [0.5, 0.6) is 0 Å². The molecule has 1 aromatic rings. The van der Waals surface area contributed by atoms with Crippen LogP contribution in [0.2, 0.25) is 41.8 Å². The molecule has 2 aliphatic heterocycles. The van der Waals surface area contributed by atoms with Crippen molar-refractivity contribution in [2.45, 2.75) is 121 Å². The van der Waals surface area contributed by atoms with Crippen molar-refractivity contribution in [3.8, 4) is 11.5 Å². The Balaban J connectivity index is 2.28. The van der Waals surface area contributed by atoms with E-state index in [0.717, 1.165) is 4.57 Å². The number of fused-ring (bicyclic) bond motifs is 1. The molecular formula is C26H45FN2O6Si3. The normalized spacial score (nSPS) is 29.2. The fourth-order valence-corrected chi connectivity index (χ4v) is 17.2. The van der Waals surface area contributed by atoms with E-state index in [9.17, 15) is 9.59 Å². The van der Waals surface area contributed by atoms with Gasteiger partial charge in [0.05, 0.1) is 6.61 Å². The van der Waals surface area contributed by atoms with Crippen LogP contribution in [0.3, 0.4) is 0 Å². The molecule has 0 bridgehead atoms. The standard InChI is InChI=1S/C26H45FN2O6Si3/c1-17(2)37(18(3)4)32-16-21-23(34-38(35-37,19(5)6)20(7)8)26(27,13-15-36(9,10)11)24(33-21)29-14-12-22(30)28-25(29)31/h12,14,17-21,23-24H,16H2,1-11H3,(H,28,30,31)/t21-,23-,24-,26-/m1/s1. The van der Waals surface area contributed by atoms with Gasteiger partial charge in [0, 0.05) is 12.3 Å². The van der Waals surface area contributed by atoms with Gasteiger partial charge >= 0.3 is 22.8 Å². The fraction of sp³-hybridized carbons (Fsp3) is 0.769. The molecule has 8 nitrogen and oxygen atoms in total. The van der Waals surface area contributed by atoms with Crippen molar-refractivity contribution in [1.29, 1.82) is 0 Å². The molecule has 0 amide bonds. The number of nitrogens with zero attached hydrogens (tertiary/aromatic N) is 1. The van der Waals surface area contributed by atoms with E-state index in [1.807, 2.05) is 19.6 Å². The molecule has 214 valence electrons. The van der Waals surface area contributed by atoms with Gasteiger partial charge in [-0.1, -0.05) is 81.0 Å². The highest BCUT2D eigenvalue weighted by molar-refractivity contribution is 6.84. The zero-order valence-corrected chi connectivity index (χ0v) is 27.7. The van der Waals surface area contributed by atoms with Gasteiger partial charge in [-0.05, 0) is 22.2 Å². The highest BCUT2D eigenvalue weighted by atomic mass is 28.5. The highest BCUT2D eigenvalue weighted by Crippen LogP contribution is 2.51. The van der Waals surface area contributed by atoms with Gasteiger partial charge in [-0.15, -0.1) is 5.54 Å². The van der Waals surface area contributed by atoms with Gasteiger partial charge in [0.2, 0.25) is 5.67 Å². The van der Waals surface area contributed by atoms with Crippen LogP contribution >= 0.6 is 0 Å². The lowest BCUT2D eigenvalue weighted by Gasteiger charge is -2.51. The minimum Gasteiger partial charge on any atom is -0.414 e. The number of hydrogen-bond acceptors (Lipinski definition) is 6. The first-order valence-corrected chi connectivity index (χ1v) is 21.1. The Labute approximate surface area is 229 Å². The van der Waals surface area contributed by atoms with Gasteiger partial charge < -0.3 is 17.7 Å². The van der Waals surface area contributed by atoms with E-state index in [4.69, 9.17) is 17.7 Å². The van der Waals surface area contributed by atoms with Crippen molar-refractivity contribution < 1.29 is 22.1 Å². The Bertz CT molecular complexity index is 1170. The van der Waals surface area contributed by atoms with E-state index in [1.165, 1.54) is 12.3 Å². The number of ether oxygens (including phenoxy) is 1. The van der Waals surface area contributed by atoms with Crippen LogP contribution in [-0.4, -0.2) is 59.2 Å². The van der Waals surface area contributed by atoms with Crippen LogP contribution in [0.1, 0.15) is 61.6 Å². The molecule has 1 N–H and O–H groups in total. The molecule has 2 saturated heterocycles. The summed E-state index contributed by atoms with van der Waals surface area (Å²) in [5, 5.41) is 0. The molecule has 4 atom stereocenters. The summed E-state index contributed by atoms with van der Waals surface area (Å²) in [4.78, 5) is 26.8. The number of aromatic nitrogens is 2. The molecule has 1 aromatic heterocycles. The molecule has 0 saturated carbocycles. The third-order valence-electron chi connectivity index (χ3n) is 7.47. The molecule has 0 aliphatic carbocycles. The average molecular weight is 585 g/mol. The lowest BCUT2D eigenvalue weighted by molar-refractivity contribution is -0.0598. The van der Waals surface area contributed by atoms with Crippen molar-refractivity contribution in [2.24, 2.45) is 0 Å².